The number of hydrogen-bond acceptors (Lipinski definition) is 1. The van der Waals surface area contributed by atoms with Crippen molar-refractivity contribution in [2.24, 2.45) is 0 Å². The fourth-order valence-electron chi connectivity index (χ4n) is 1.75. The summed E-state index contributed by atoms with van der Waals surface area (Å²) in [6, 6.07) is 4.24. The number of thiocarbonyl (C=S) groups is 1. The molecule has 15 heavy (non-hydrogen) atoms. The molecule has 1 aliphatic heterocycles. The Bertz CT molecular complexity index is 392. The lowest BCUT2D eigenvalue weighted by Gasteiger charge is -2.18. The first-order valence-electron chi connectivity index (χ1n) is 4.89. The zero-order valence-corrected chi connectivity index (χ0v) is 8.99. The molecule has 0 aromatic heterocycles. The van der Waals surface area contributed by atoms with Crippen LogP contribution in [-0.2, 0) is 6.54 Å². The first kappa shape index (κ1) is 10.5. The van der Waals surface area contributed by atoms with Crippen LogP contribution in [0.25, 0.3) is 0 Å². The molecule has 4 heteroatoms. The molecule has 0 N–H and O–H groups in total. The van der Waals surface area contributed by atoms with Crippen molar-refractivity contribution in [3.63, 3.8) is 0 Å². The van der Waals surface area contributed by atoms with E-state index < -0.39 is 11.6 Å². The number of benzene rings is 1. The van der Waals surface area contributed by atoms with Crippen molar-refractivity contribution in [2.45, 2.75) is 19.4 Å². The van der Waals surface area contributed by atoms with Crippen LogP contribution in [0.5, 0.6) is 0 Å². The van der Waals surface area contributed by atoms with Crippen molar-refractivity contribution in [1.82, 2.24) is 4.90 Å². The number of hydrogen-bond donors (Lipinski definition) is 0. The summed E-state index contributed by atoms with van der Waals surface area (Å²) in [5.74, 6) is -1.55. The Hall–Kier alpha value is -1.03. The van der Waals surface area contributed by atoms with Gasteiger partial charge in [-0.1, -0.05) is 24.4 Å². The molecular formula is C11H11F2NS. The lowest BCUT2D eigenvalue weighted by Crippen LogP contribution is -2.23. The lowest BCUT2D eigenvalue weighted by molar-refractivity contribution is 0.427. The summed E-state index contributed by atoms with van der Waals surface area (Å²) in [5, 5.41) is 0. The molecule has 1 saturated heterocycles. The predicted octanol–water partition coefficient (Wildman–Crippen LogP) is 2.89. The minimum Gasteiger partial charge on any atom is -0.362 e. The van der Waals surface area contributed by atoms with Gasteiger partial charge in [-0.2, -0.15) is 0 Å². The normalized spacial score (nSPS) is 16.1. The smallest absolute Gasteiger partial charge is 0.163 e. The molecule has 0 atom stereocenters. The number of rotatable bonds is 2. The predicted molar refractivity (Wildman–Crippen MR) is 58.6 cm³/mol. The number of nitrogens with zero attached hydrogens (tertiary/aromatic N) is 1. The standard InChI is InChI=1S/C11H11F2NS/c12-9-4-1-3-8(11(9)13)7-14-6-2-5-10(14)15/h1,3-4H,2,5-7H2. The van der Waals surface area contributed by atoms with Crippen molar-refractivity contribution < 1.29 is 8.78 Å². The quantitative estimate of drug-likeness (QED) is 0.715. The van der Waals surface area contributed by atoms with Crippen molar-refractivity contribution >= 4 is 17.2 Å². The van der Waals surface area contributed by atoms with Gasteiger partial charge in [0, 0.05) is 18.7 Å². The molecular weight excluding hydrogens is 216 g/mol. The molecule has 1 aliphatic rings. The fraction of sp³-hybridized carbons (Fsp3) is 0.364. The Morgan fingerprint density at radius 1 is 1.33 bits per heavy atom. The topological polar surface area (TPSA) is 3.24 Å². The van der Waals surface area contributed by atoms with Crippen LogP contribution in [0.4, 0.5) is 8.78 Å². The van der Waals surface area contributed by atoms with E-state index in [0.29, 0.717) is 12.1 Å². The molecule has 1 aromatic rings. The van der Waals surface area contributed by atoms with Crippen molar-refractivity contribution in [3.05, 3.63) is 35.4 Å². The highest BCUT2D eigenvalue weighted by Crippen LogP contribution is 2.18. The van der Waals surface area contributed by atoms with Gasteiger partial charge in [0.15, 0.2) is 11.6 Å². The summed E-state index contributed by atoms with van der Waals surface area (Å²) in [6.07, 6.45) is 1.89. The summed E-state index contributed by atoms with van der Waals surface area (Å²) in [7, 11) is 0. The van der Waals surface area contributed by atoms with Gasteiger partial charge in [0.2, 0.25) is 0 Å². The second kappa shape index (κ2) is 4.23. The second-order valence-electron chi connectivity index (χ2n) is 3.63. The molecule has 0 radical (unpaired) electrons. The van der Waals surface area contributed by atoms with Crippen LogP contribution in [0, 0.1) is 11.6 Å². The third-order valence-electron chi connectivity index (χ3n) is 2.56. The molecule has 1 fully saturated rings. The molecule has 1 heterocycles. The largest absolute Gasteiger partial charge is 0.362 e. The van der Waals surface area contributed by atoms with E-state index in [1.54, 1.807) is 6.07 Å². The first-order valence-corrected chi connectivity index (χ1v) is 5.30. The summed E-state index contributed by atoms with van der Waals surface area (Å²) < 4.78 is 26.3. The van der Waals surface area contributed by atoms with Gasteiger partial charge >= 0.3 is 0 Å². The van der Waals surface area contributed by atoms with Gasteiger partial charge in [-0.25, -0.2) is 8.78 Å². The highest BCUT2D eigenvalue weighted by Gasteiger charge is 2.18. The Kier molecular flexibility index (Phi) is 2.95. The Balaban J connectivity index is 2.17. The molecule has 80 valence electrons. The molecule has 0 spiro atoms. The van der Waals surface area contributed by atoms with Crippen molar-refractivity contribution in [3.8, 4) is 0 Å². The van der Waals surface area contributed by atoms with Crippen LogP contribution < -0.4 is 0 Å². The van der Waals surface area contributed by atoms with Crippen LogP contribution in [0.15, 0.2) is 18.2 Å². The van der Waals surface area contributed by atoms with E-state index in [1.165, 1.54) is 6.07 Å². The highest BCUT2D eigenvalue weighted by atomic mass is 32.1. The van der Waals surface area contributed by atoms with Crippen LogP contribution in [-0.4, -0.2) is 16.4 Å². The molecule has 0 unspecified atom stereocenters. The maximum absolute atomic E-state index is 13.3. The van der Waals surface area contributed by atoms with Gasteiger partial charge in [-0.15, -0.1) is 0 Å². The Morgan fingerprint density at radius 2 is 2.13 bits per heavy atom. The highest BCUT2D eigenvalue weighted by molar-refractivity contribution is 7.80. The monoisotopic (exact) mass is 227 g/mol. The molecule has 0 aliphatic carbocycles. The van der Waals surface area contributed by atoms with E-state index in [2.05, 4.69) is 0 Å². The minimum atomic E-state index is -0.794. The van der Waals surface area contributed by atoms with Crippen LogP contribution in [0.2, 0.25) is 0 Å². The van der Waals surface area contributed by atoms with E-state index in [0.717, 1.165) is 30.4 Å². The van der Waals surface area contributed by atoms with Crippen molar-refractivity contribution in [2.75, 3.05) is 6.54 Å². The molecule has 0 bridgehead atoms. The Labute approximate surface area is 92.7 Å². The van der Waals surface area contributed by atoms with E-state index in [4.69, 9.17) is 12.2 Å². The third-order valence-corrected chi connectivity index (χ3v) is 3.03. The second-order valence-corrected chi connectivity index (χ2v) is 4.10. The fourth-order valence-corrected chi connectivity index (χ4v) is 2.05. The average molecular weight is 227 g/mol. The number of likely N-dealkylation sites (tertiary alicyclic amines) is 1. The van der Waals surface area contributed by atoms with E-state index in [-0.39, 0.29) is 0 Å². The van der Waals surface area contributed by atoms with Crippen LogP contribution in [0.3, 0.4) is 0 Å². The lowest BCUT2D eigenvalue weighted by atomic mass is 10.2. The van der Waals surface area contributed by atoms with E-state index in [1.807, 2.05) is 4.90 Å². The van der Waals surface area contributed by atoms with Gasteiger partial charge in [0.1, 0.15) is 0 Å². The number of halogens is 2. The molecule has 0 amide bonds. The maximum atomic E-state index is 13.3. The van der Waals surface area contributed by atoms with Gasteiger partial charge in [0.25, 0.3) is 0 Å². The van der Waals surface area contributed by atoms with E-state index >= 15 is 0 Å². The summed E-state index contributed by atoms with van der Waals surface area (Å²) in [6.45, 7) is 1.22. The van der Waals surface area contributed by atoms with Crippen molar-refractivity contribution in [1.29, 1.82) is 0 Å². The summed E-state index contributed by atoms with van der Waals surface area (Å²) in [4.78, 5) is 2.77. The maximum Gasteiger partial charge on any atom is 0.163 e. The molecule has 2 rings (SSSR count). The summed E-state index contributed by atoms with van der Waals surface area (Å²) >= 11 is 5.13. The molecule has 1 nitrogen and oxygen atoms in total. The van der Waals surface area contributed by atoms with Crippen LogP contribution >= 0.6 is 12.2 Å². The molecule has 1 aromatic carbocycles. The van der Waals surface area contributed by atoms with Gasteiger partial charge < -0.3 is 4.90 Å². The first-order chi connectivity index (χ1) is 7.18. The average Bonchev–Trinajstić information content (AvgIpc) is 2.60. The van der Waals surface area contributed by atoms with Gasteiger partial charge in [-0.05, 0) is 18.9 Å². The zero-order valence-electron chi connectivity index (χ0n) is 8.17. The van der Waals surface area contributed by atoms with Gasteiger partial charge in [0.05, 0.1) is 4.99 Å². The third kappa shape index (κ3) is 2.15. The van der Waals surface area contributed by atoms with Gasteiger partial charge in [-0.3, -0.25) is 0 Å². The molecule has 0 saturated carbocycles. The minimum absolute atomic E-state index is 0.374. The Morgan fingerprint density at radius 3 is 2.80 bits per heavy atom. The zero-order chi connectivity index (χ0) is 10.8. The summed E-state index contributed by atoms with van der Waals surface area (Å²) in [5.41, 5.74) is 0.374. The van der Waals surface area contributed by atoms with Crippen LogP contribution in [0.1, 0.15) is 18.4 Å². The SMILES string of the molecule is Fc1cccc(CN2CCCC2=S)c1F. The van der Waals surface area contributed by atoms with E-state index in [9.17, 15) is 8.78 Å².